The van der Waals surface area contributed by atoms with Gasteiger partial charge in [-0.2, -0.15) is 5.26 Å². The minimum absolute atomic E-state index is 0.326. The fourth-order valence-corrected chi connectivity index (χ4v) is 1.67. The number of nitrogens with one attached hydrogen (secondary N) is 1. The molecule has 1 aromatic carbocycles. The van der Waals surface area contributed by atoms with Gasteiger partial charge in [-0.15, -0.1) is 0 Å². The van der Waals surface area contributed by atoms with E-state index in [-0.39, 0.29) is 0 Å². The van der Waals surface area contributed by atoms with Crippen LogP contribution in [0.1, 0.15) is 17.1 Å². The first-order valence-electron chi connectivity index (χ1n) is 5.20. The Morgan fingerprint density at radius 2 is 1.94 bits per heavy atom. The van der Waals surface area contributed by atoms with Gasteiger partial charge in [-0.05, 0) is 13.8 Å². The van der Waals surface area contributed by atoms with E-state index in [0.29, 0.717) is 6.42 Å². The highest BCUT2D eigenvalue weighted by atomic mass is 14.9. The van der Waals surface area contributed by atoms with Crippen molar-refractivity contribution in [3.05, 3.63) is 41.3 Å². The van der Waals surface area contributed by atoms with Crippen LogP contribution in [-0.4, -0.2) is 9.97 Å². The SMILES string of the molecule is Cc1ccc(-c2nc(CC#N)[nH]c2C)cc1. The molecule has 80 valence electrons. The second kappa shape index (κ2) is 4.19. The molecule has 3 heteroatoms. The van der Waals surface area contributed by atoms with Crippen LogP contribution < -0.4 is 0 Å². The second-order valence-electron chi connectivity index (χ2n) is 3.86. The number of hydrogen-bond acceptors (Lipinski definition) is 2. The molecule has 0 aliphatic rings. The smallest absolute Gasteiger partial charge is 0.121 e. The molecule has 0 radical (unpaired) electrons. The first-order valence-corrected chi connectivity index (χ1v) is 5.20. The van der Waals surface area contributed by atoms with Crippen LogP contribution in [0.4, 0.5) is 0 Å². The minimum atomic E-state index is 0.326. The van der Waals surface area contributed by atoms with Gasteiger partial charge < -0.3 is 4.98 Å². The van der Waals surface area contributed by atoms with Crippen molar-refractivity contribution in [2.75, 3.05) is 0 Å². The molecule has 1 N–H and O–H groups in total. The third-order valence-corrected chi connectivity index (χ3v) is 2.51. The molecular weight excluding hydrogens is 198 g/mol. The van der Waals surface area contributed by atoms with Gasteiger partial charge in [0.1, 0.15) is 5.82 Å². The highest BCUT2D eigenvalue weighted by molar-refractivity contribution is 5.62. The predicted octanol–water partition coefficient (Wildman–Crippen LogP) is 2.76. The summed E-state index contributed by atoms with van der Waals surface area (Å²) in [6.07, 6.45) is 0.326. The van der Waals surface area contributed by atoms with Crippen molar-refractivity contribution in [2.45, 2.75) is 20.3 Å². The number of rotatable bonds is 2. The van der Waals surface area contributed by atoms with Gasteiger partial charge in [0, 0.05) is 11.3 Å². The summed E-state index contributed by atoms with van der Waals surface area (Å²) in [5, 5.41) is 8.62. The van der Waals surface area contributed by atoms with Crippen molar-refractivity contribution in [2.24, 2.45) is 0 Å². The van der Waals surface area contributed by atoms with E-state index in [1.165, 1.54) is 5.56 Å². The Morgan fingerprint density at radius 3 is 2.56 bits per heavy atom. The molecule has 0 saturated heterocycles. The average Bonchev–Trinajstić information content (AvgIpc) is 2.61. The standard InChI is InChI=1S/C13H13N3/c1-9-3-5-11(6-4-9)13-10(2)15-12(16-13)7-8-14/h3-6H,7H2,1-2H3,(H,15,16). The fraction of sp³-hybridized carbons (Fsp3) is 0.231. The highest BCUT2D eigenvalue weighted by Crippen LogP contribution is 2.21. The lowest BCUT2D eigenvalue weighted by molar-refractivity contribution is 1.05. The first kappa shape index (κ1) is 10.4. The maximum atomic E-state index is 8.62. The van der Waals surface area contributed by atoms with Gasteiger partial charge >= 0.3 is 0 Å². The van der Waals surface area contributed by atoms with Gasteiger partial charge in [0.15, 0.2) is 0 Å². The lowest BCUT2D eigenvalue weighted by Crippen LogP contribution is -1.84. The number of imidazole rings is 1. The molecule has 0 atom stereocenters. The molecule has 0 unspecified atom stereocenters. The molecule has 2 aromatic rings. The van der Waals surface area contributed by atoms with Crippen LogP contribution in [0.25, 0.3) is 11.3 Å². The summed E-state index contributed by atoms with van der Waals surface area (Å²) in [5.74, 6) is 0.732. The predicted molar refractivity (Wildman–Crippen MR) is 62.8 cm³/mol. The second-order valence-corrected chi connectivity index (χ2v) is 3.86. The maximum absolute atomic E-state index is 8.62. The molecule has 0 bridgehead atoms. The van der Waals surface area contributed by atoms with Gasteiger partial charge in [-0.3, -0.25) is 0 Å². The zero-order valence-corrected chi connectivity index (χ0v) is 9.41. The summed E-state index contributed by atoms with van der Waals surface area (Å²) in [5.41, 5.74) is 4.26. The van der Waals surface area contributed by atoms with Crippen molar-refractivity contribution in [3.8, 4) is 17.3 Å². The largest absolute Gasteiger partial charge is 0.345 e. The molecule has 0 saturated carbocycles. The van der Waals surface area contributed by atoms with Crippen LogP contribution in [0, 0.1) is 25.2 Å². The van der Waals surface area contributed by atoms with Crippen molar-refractivity contribution in [1.82, 2.24) is 9.97 Å². The van der Waals surface area contributed by atoms with Gasteiger partial charge in [0.25, 0.3) is 0 Å². The Labute approximate surface area is 94.8 Å². The minimum Gasteiger partial charge on any atom is -0.345 e. The van der Waals surface area contributed by atoms with E-state index in [4.69, 9.17) is 5.26 Å². The number of H-pyrrole nitrogens is 1. The summed E-state index contributed by atoms with van der Waals surface area (Å²) in [7, 11) is 0. The van der Waals surface area contributed by atoms with E-state index < -0.39 is 0 Å². The quantitative estimate of drug-likeness (QED) is 0.830. The van der Waals surface area contributed by atoms with Crippen LogP contribution in [0.2, 0.25) is 0 Å². The molecule has 3 nitrogen and oxygen atoms in total. The Kier molecular flexibility index (Phi) is 2.74. The van der Waals surface area contributed by atoms with Crippen molar-refractivity contribution >= 4 is 0 Å². The zero-order chi connectivity index (χ0) is 11.5. The van der Waals surface area contributed by atoms with Gasteiger partial charge in [-0.25, -0.2) is 4.98 Å². The Bertz CT molecular complexity index is 529. The van der Waals surface area contributed by atoms with Gasteiger partial charge in [0.05, 0.1) is 18.2 Å². The molecule has 0 amide bonds. The van der Waals surface area contributed by atoms with Crippen LogP contribution in [0.15, 0.2) is 24.3 Å². The normalized spacial score (nSPS) is 10.1. The lowest BCUT2D eigenvalue weighted by atomic mass is 10.1. The fourth-order valence-electron chi connectivity index (χ4n) is 1.67. The number of aryl methyl sites for hydroxylation is 2. The van der Waals surface area contributed by atoms with Crippen molar-refractivity contribution in [3.63, 3.8) is 0 Å². The van der Waals surface area contributed by atoms with Crippen molar-refractivity contribution < 1.29 is 0 Å². The van der Waals surface area contributed by atoms with E-state index in [1.807, 2.05) is 6.92 Å². The zero-order valence-electron chi connectivity index (χ0n) is 9.41. The van der Waals surface area contributed by atoms with Crippen molar-refractivity contribution in [1.29, 1.82) is 5.26 Å². The molecule has 16 heavy (non-hydrogen) atoms. The number of aromatic amines is 1. The Balaban J connectivity index is 2.40. The average molecular weight is 211 g/mol. The molecule has 1 heterocycles. The monoisotopic (exact) mass is 211 g/mol. The summed E-state index contributed by atoms with van der Waals surface area (Å²) in [6.45, 7) is 4.03. The van der Waals surface area contributed by atoms with Gasteiger partial charge in [0.2, 0.25) is 0 Å². The summed E-state index contributed by atoms with van der Waals surface area (Å²) >= 11 is 0. The number of nitrogens with zero attached hydrogens (tertiary/aromatic N) is 2. The third kappa shape index (κ3) is 1.96. The van der Waals surface area contributed by atoms with Gasteiger partial charge in [-0.1, -0.05) is 29.8 Å². The lowest BCUT2D eigenvalue weighted by Gasteiger charge is -1.98. The Hall–Kier alpha value is -2.08. The molecular formula is C13H13N3. The summed E-state index contributed by atoms with van der Waals surface area (Å²) in [6, 6.07) is 10.3. The molecule has 0 aliphatic carbocycles. The van der Waals surface area contributed by atoms with E-state index in [9.17, 15) is 0 Å². The number of nitriles is 1. The number of aromatic nitrogens is 2. The van der Waals surface area contributed by atoms with E-state index >= 15 is 0 Å². The van der Waals surface area contributed by atoms with Crippen LogP contribution in [0.3, 0.4) is 0 Å². The van der Waals surface area contributed by atoms with E-state index in [0.717, 1.165) is 22.8 Å². The van der Waals surface area contributed by atoms with Crippen LogP contribution in [-0.2, 0) is 6.42 Å². The molecule has 0 fully saturated rings. The summed E-state index contributed by atoms with van der Waals surface area (Å²) < 4.78 is 0. The topological polar surface area (TPSA) is 52.5 Å². The van der Waals surface area contributed by atoms with E-state index in [1.54, 1.807) is 0 Å². The summed E-state index contributed by atoms with van der Waals surface area (Å²) in [4.78, 5) is 7.55. The number of benzene rings is 1. The first-order chi connectivity index (χ1) is 7.70. The Morgan fingerprint density at radius 1 is 1.25 bits per heavy atom. The molecule has 1 aromatic heterocycles. The molecule has 2 rings (SSSR count). The number of hydrogen-bond donors (Lipinski definition) is 1. The molecule has 0 aliphatic heterocycles. The third-order valence-electron chi connectivity index (χ3n) is 2.51. The molecule has 0 spiro atoms. The highest BCUT2D eigenvalue weighted by Gasteiger charge is 2.08. The van der Waals surface area contributed by atoms with E-state index in [2.05, 4.69) is 47.2 Å². The maximum Gasteiger partial charge on any atom is 0.121 e. The van der Waals surface area contributed by atoms with Crippen LogP contribution >= 0.6 is 0 Å². The van der Waals surface area contributed by atoms with Crippen LogP contribution in [0.5, 0.6) is 0 Å².